The smallest absolute Gasteiger partial charge is 0.0417 e. The van der Waals surface area contributed by atoms with E-state index < -0.39 is 0 Å². The summed E-state index contributed by atoms with van der Waals surface area (Å²) in [6.07, 6.45) is 5.25. The number of hydrogen-bond acceptors (Lipinski definition) is 2. The van der Waals surface area contributed by atoms with Gasteiger partial charge in [-0.2, -0.15) is 0 Å². The molecule has 0 bridgehead atoms. The van der Waals surface area contributed by atoms with Gasteiger partial charge in [-0.25, -0.2) is 0 Å². The Hall–Kier alpha value is -0.340. The standard InChI is InChI=1S/C13H21NS/c1-10(2)4-3-5-12-13-11(6-8-14-12)7-9-15-13/h7,9-10,12,14H,3-6,8H2,1-2H3. The molecule has 2 heteroatoms. The predicted octanol–water partition coefficient (Wildman–Crippen LogP) is 3.76. The van der Waals surface area contributed by atoms with Crippen molar-refractivity contribution in [3.8, 4) is 0 Å². The van der Waals surface area contributed by atoms with E-state index in [0.29, 0.717) is 6.04 Å². The van der Waals surface area contributed by atoms with Crippen molar-refractivity contribution < 1.29 is 0 Å². The van der Waals surface area contributed by atoms with Crippen LogP contribution in [0.5, 0.6) is 0 Å². The van der Waals surface area contributed by atoms with Crippen LogP contribution in [0.25, 0.3) is 0 Å². The van der Waals surface area contributed by atoms with Gasteiger partial charge in [0, 0.05) is 10.9 Å². The van der Waals surface area contributed by atoms with Gasteiger partial charge in [-0.3, -0.25) is 0 Å². The van der Waals surface area contributed by atoms with E-state index in [-0.39, 0.29) is 0 Å². The number of fused-ring (bicyclic) bond motifs is 1. The SMILES string of the molecule is CC(C)CCCC1NCCc2ccsc21. The van der Waals surface area contributed by atoms with Gasteiger partial charge < -0.3 is 5.32 Å². The second kappa shape index (κ2) is 5.13. The third-order valence-corrected chi connectivity index (χ3v) is 4.23. The summed E-state index contributed by atoms with van der Waals surface area (Å²) < 4.78 is 0. The molecule has 1 aromatic rings. The molecule has 0 saturated carbocycles. The second-order valence-electron chi connectivity index (χ2n) is 4.89. The molecular weight excluding hydrogens is 202 g/mol. The van der Waals surface area contributed by atoms with Crippen molar-refractivity contribution in [2.75, 3.05) is 6.54 Å². The molecule has 1 unspecified atom stereocenters. The van der Waals surface area contributed by atoms with Crippen LogP contribution in [-0.2, 0) is 6.42 Å². The van der Waals surface area contributed by atoms with E-state index in [4.69, 9.17) is 0 Å². The Bertz CT molecular complexity index is 303. The molecule has 0 aromatic carbocycles. The number of thiophene rings is 1. The summed E-state index contributed by atoms with van der Waals surface area (Å²) in [5.74, 6) is 0.844. The van der Waals surface area contributed by atoms with E-state index >= 15 is 0 Å². The average Bonchev–Trinajstić information content (AvgIpc) is 2.65. The summed E-state index contributed by atoms with van der Waals surface area (Å²) in [4.78, 5) is 1.60. The van der Waals surface area contributed by atoms with Gasteiger partial charge >= 0.3 is 0 Å². The van der Waals surface area contributed by atoms with Gasteiger partial charge in [-0.05, 0) is 42.3 Å². The Morgan fingerprint density at radius 3 is 3.20 bits per heavy atom. The summed E-state index contributed by atoms with van der Waals surface area (Å²) in [5, 5.41) is 5.89. The van der Waals surface area contributed by atoms with Gasteiger partial charge in [0.05, 0.1) is 0 Å². The molecule has 0 fully saturated rings. The minimum absolute atomic E-state index is 0.646. The molecule has 1 N–H and O–H groups in total. The quantitative estimate of drug-likeness (QED) is 0.819. The molecule has 1 aromatic heterocycles. The molecule has 0 amide bonds. The Balaban J connectivity index is 1.89. The van der Waals surface area contributed by atoms with Gasteiger partial charge in [0.2, 0.25) is 0 Å². The second-order valence-corrected chi connectivity index (χ2v) is 5.84. The van der Waals surface area contributed by atoms with Gasteiger partial charge in [0.1, 0.15) is 0 Å². The molecule has 0 spiro atoms. The Kier molecular flexibility index (Phi) is 3.81. The first-order chi connectivity index (χ1) is 7.27. The van der Waals surface area contributed by atoms with Gasteiger partial charge in [-0.15, -0.1) is 11.3 Å². The summed E-state index contributed by atoms with van der Waals surface area (Å²) >= 11 is 1.93. The van der Waals surface area contributed by atoms with Crippen LogP contribution in [0.15, 0.2) is 11.4 Å². The summed E-state index contributed by atoms with van der Waals surface area (Å²) in [7, 11) is 0. The average molecular weight is 223 g/mol. The number of hydrogen-bond donors (Lipinski definition) is 1. The zero-order valence-electron chi connectivity index (χ0n) is 9.75. The Morgan fingerprint density at radius 1 is 1.53 bits per heavy atom. The van der Waals surface area contributed by atoms with Crippen molar-refractivity contribution in [1.29, 1.82) is 0 Å². The topological polar surface area (TPSA) is 12.0 Å². The minimum Gasteiger partial charge on any atom is -0.309 e. The fourth-order valence-electron chi connectivity index (χ4n) is 2.30. The molecule has 84 valence electrons. The molecule has 0 aliphatic carbocycles. The zero-order valence-corrected chi connectivity index (χ0v) is 10.6. The lowest BCUT2D eigenvalue weighted by molar-refractivity contribution is 0.439. The Morgan fingerprint density at radius 2 is 2.40 bits per heavy atom. The van der Waals surface area contributed by atoms with Crippen LogP contribution in [0.4, 0.5) is 0 Å². The molecule has 2 heterocycles. The molecule has 1 nitrogen and oxygen atoms in total. The largest absolute Gasteiger partial charge is 0.309 e. The van der Waals surface area contributed by atoms with Gasteiger partial charge in [0.15, 0.2) is 0 Å². The molecular formula is C13H21NS. The van der Waals surface area contributed by atoms with E-state index in [1.165, 1.54) is 25.7 Å². The third kappa shape index (κ3) is 2.82. The van der Waals surface area contributed by atoms with Crippen LogP contribution in [0.1, 0.15) is 49.6 Å². The fraction of sp³-hybridized carbons (Fsp3) is 0.692. The maximum absolute atomic E-state index is 3.65. The molecule has 0 radical (unpaired) electrons. The normalized spacial score (nSPS) is 20.6. The first-order valence-electron chi connectivity index (χ1n) is 6.07. The summed E-state index contributed by atoms with van der Waals surface area (Å²) in [6, 6.07) is 2.95. The molecule has 2 rings (SSSR count). The molecule has 0 saturated heterocycles. The lowest BCUT2D eigenvalue weighted by atomic mass is 9.97. The highest BCUT2D eigenvalue weighted by Crippen LogP contribution is 2.31. The maximum atomic E-state index is 3.65. The third-order valence-electron chi connectivity index (χ3n) is 3.16. The maximum Gasteiger partial charge on any atom is 0.0417 e. The van der Waals surface area contributed by atoms with Crippen molar-refractivity contribution in [1.82, 2.24) is 5.32 Å². The van der Waals surface area contributed by atoms with E-state index in [2.05, 4.69) is 30.6 Å². The van der Waals surface area contributed by atoms with E-state index in [9.17, 15) is 0 Å². The first-order valence-corrected chi connectivity index (χ1v) is 6.95. The number of nitrogens with one attached hydrogen (secondary N) is 1. The lowest BCUT2D eigenvalue weighted by Crippen LogP contribution is -2.28. The van der Waals surface area contributed by atoms with E-state index in [0.717, 1.165) is 12.5 Å². The van der Waals surface area contributed by atoms with Crippen molar-refractivity contribution in [3.63, 3.8) is 0 Å². The highest BCUT2D eigenvalue weighted by molar-refractivity contribution is 7.10. The van der Waals surface area contributed by atoms with E-state index in [1.807, 2.05) is 11.3 Å². The van der Waals surface area contributed by atoms with Crippen molar-refractivity contribution in [3.05, 3.63) is 21.9 Å². The van der Waals surface area contributed by atoms with Crippen LogP contribution in [-0.4, -0.2) is 6.54 Å². The highest BCUT2D eigenvalue weighted by Gasteiger charge is 2.20. The van der Waals surface area contributed by atoms with Crippen LogP contribution in [0, 0.1) is 5.92 Å². The highest BCUT2D eigenvalue weighted by atomic mass is 32.1. The predicted molar refractivity (Wildman–Crippen MR) is 67.5 cm³/mol. The van der Waals surface area contributed by atoms with Crippen molar-refractivity contribution in [2.45, 2.75) is 45.6 Å². The molecule has 1 aliphatic heterocycles. The van der Waals surface area contributed by atoms with Crippen molar-refractivity contribution in [2.24, 2.45) is 5.92 Å². The zero-order chi connectivity index (χ0) is 10.7. The van der Waals surface area contributed by atoms with Crippen LogP contribution >= 0.6 is 11.3 Å². The van der Waals surface area contributed by atoms with Gasteiger partial charge in [-0.1, -0.05) is 26.7 Å². The molecule has 15 heavy (non-hydrogen) atoms. The Labute approximate surface area is 96.9 Å². The molecule has 1 aliphatic rings. The monoisotopic (exact) mass is 223 g/mol. The van der Waals surface area contributed by atoms with Crippen LogP contribution in [0.3, 0.4) is 0 Å². The minimum atomic E-state index is 0.646. The molecule has 1 atom stereocenters. The summed E-state index contributed by atoms with van der Waals surface area (Å²) in [6.45, 7) is 5.78. The van der Waals surface area contributed by atoms with Gasteiger partial charge in [0.25, 0.3) is 0 Å². The lowest BCUT2D eigenvalue weighted by Gasteiger charge is -2.24. The van der Waals surface area contributed by atoms with Crippen LogP contribution in [0.2, 0.25) is 0 Å². The van der Waals surface area contributed by atoms with Crippen LogP contribution < -0.4 is 5.32 Å². The first kappa shape index (κ1) is 11.2. The number of rotatable bonds is 4. The fourth-order valence-corrected chi connectivity index (χ4v) is 3.36. The van der Waals surface area contributed by atoms with Crippen molar-refractivity contribution >= 4 is 11.3 Å². The van der Waals surface area contributed by atoms with E-state index in [1.54, 1.807) is 10.4 Å². The summed E-state index contributed by atoms with van der Waals surface area (Å²) in [5.41, 5.74) is 1.59.